The molecule has 0 atom stereocenters. The van der Waals surface area contributed by atoms with E-state index in [0.717, 1.165) is 12.5 Å². The number of rotatable bonds is 1. The number of carbonyl (C=O) groups excluding carboxylic acids is 1. The van der Waals surface area contributed by atoms with Crippen LogP contribution in [0.2, 0.25) is 0 Å². The summed E-state index contributed by atoms with van der Waals surface area (Å²) in [5, 5.41) is 2.62. The summed E-state index contributed by atoms with van der Waals surface area (Å²) in [6.45, 7) is 1.04. The van der Waals surface area contributed by atoms with Crippen LogP contribution in [0.3, 0.4) is 0 Å². The van der Waals surface area contributed by atoms with Crippen LogP contribution in [0.25, 0.3) is 0 Å². The lowest BCUT2D eigenvalue weighted by atomic mass is 10.1. The largest absolute Gasteiger partial charge is 0.573 e. The van der Waals surface area contributed by atoms with Crippen LogP contribution in [-0.2, 0) is 0 Å². The van der Waals surface area contributed by atoms with Crippen molar-refractivity contribution >= 4 is 17.6 Å². The number of nitrogens with one attached hydrogen (secondary N) is 1. The SMILES string of the molecule is O=C1Nc2ccc(OC(F)(F)F)cc2C2=NCCCN12. The third kappa shape index (κ3) is 2.28. The molecule has 20 heavy (non-hydrogen) atoms. The summed E-state index contributed by atoms with van der Waals surface area (Å²) < 4.78 is 40.6. The first-order valence-electron chi connectivity index (χ1n) is 5.97. The normalized spacial score (nSPS) is 17.9. The van der Waals surface area contributed by atoms with Gasteiger partial charge in [-0.05, 0) is 24.6 Å². The second kappa shape index (κ2) is 4.39. The van der Waals surface area contributed by atoms with Crippen LogP contribution in [0.15, 0.2) is 23.2 Å². The summed E-state index contributed by atoms with van der Waals surface area (Å²) in [7, 11) is 0. The number of nitrogens with zero attached hydrogens (tertiary/aromatic N) is 2. The number of aliphatic imine (C=N–C) groups is 1. The number of benzene rings is 1. The van der Waals surface area contributed by atoms with Crippen LogP contribution in [0.5, 0.6) is 5.75 Å². The molecule has 2 aliphatic rings. The first-order valence-corrected chi connectivity index (χ1v) is 5.97. The average molecular weight is 285 g/mol. The number of amides is 2. The molecule has 1 N–H and O–H groups in total. The Bertz CT molecular complexity index is 598. The lowest BCUT2D eigenvalue weighted by molar-refractivity contribution is -0.274. The molecule has 0 aromatic heterocycles. The molecule has 0 saturated carbocycles. The molecule has 2 aliphatic heterocycles. The van der Waals surface area contributed by atoms with E-state index in [2.05, 4.69) is 15.0 Å². The highest BCUT2D eigenvalue weighted by atomic mass is 19.4. The lowest BCUT2D eigenvalue weighted by Gasteiger charge is -2.33. The van der Waals surface area contributed by atoms with Gasteiger partial charge in [0.05, 0.1) is 5.69 Å². The Morgan fingerprint density at radius 1 is 1.35 bits per heavy atom. The minimum Gasteiger partial charge on any atom is -0.406 e. The summed E-state index contributed by atoms with van der Waals surface area (Å²) in [4.78, 5) is 17.5. The number of carbonyl (C=O) groups is 1. The highest BCUT2D eigenvalue weighted by Crippen LogP contribution is 2.31. The van der Waals surface area contributed by atoms with Gasteiger partial charge < -0.3 is 10.1 Å². The quantitative estimate of drug-likeness (QED) is 0.862. The van der Waals surface area contributed by atoms with Crippen molar-refractivity contribution < 1.29 is 22.7 Å². The number of urea groups is 1. The lowest BCUT2D eigenvalue weighted by Crippen LogP contribution is -2.47. The Hall–Kier alpha value is -2.25. The van der Waals surface area contributed by atoms with Gasteiger partial charge in [-0.25, -0.2) is 4.79 Å². The third-order valence-electron chi connectivity index (χ3n) is 3.01. The van der Waals surface area contributed by atoms with Crippen molar-refractivity contribution in [1.29, 1.82) is 0 Å². The molecule has 106 valence electrons. The number of hydrogen-bond acceptors (Lipinski definition) is 3. The van der Waals surface area contributed by atoms with E-state index >= 15 is 0 Å². The van der Waals surface area contributed by atoms with E-state index in [1.807, 2.05) is 0 Å². The molecule has 2 amide bonds. The minimum absolute atomic E-state index is 0.319. The van der Waals surface area contributed by atoms with Crippen molar-refractivity contribution in [1.82, 2.24) is 4.90 Å². The Balaban J connectivity index is 2.02. The monoisotopic (exact) mass is 285 g/mol. The highest BCUT2D eigenvalue weighted by molar-refractivity contribution is 6.18. The van der Waals surface area contributed by atoms with E-state index < -0.39 is 6.36 Å². The van der Waals surface area contributed by atoms with Gasteiger partial charge in [-0.1, -0.05) is 0 Å². The molecule has 0 aliphatic carbocycles. The first kappa shape index (κ1) is 12.8. The highest BCUT2D eigenvalue weighted by Gasteiger charge is 2.34. The molecule has 3 rings (SSSR count). The summed E-state index contributed by atoms with van der Waals surface area (Å²) >= 11 is 0. The van der Waals surface area contributed by atoms with E-state index in [9.17, 15) is 18.0 Å². The van der Waals surface area contributed by atoms with Gasteiger partial charge in [-0.15, -0.1) is 13.2 Å². The van der Waals surface area contributed by atoms with Crippen LogP contribution in [-0.4, -0.2) is 36.2 Å². The maximum absolute atomic E-state index is 12.2. The summed E-state index contributed by atoms with van der Waals surface area (Å²) in [6.07, 6.45) is -4.02. The van der Waals surface area contributed by atoms with Gasteiger partial charge >= 0.3 is 12.4 Å². The van der Waals surface area contributed by atoms with Gasteiger partial charge in [0.1, 0.15) is 11.6 Å². The van der Waals surface area contributed by atoms with Gasteiger partial charge in [0.15, 0.2) is 0 Å². The Morgan fingerprint density at radius 3 is 2.90 bits per heavy atom. The van der Waals surface area contributed by atoms with Crippen LogP contribution < -0.4 is 10.1 Å². The fraction of sp³-hybridized carbons (Fsp3) is 0.333. The maximum Gasteiger partial charge on any atom is 0.573 e. The smallest absolute Gasteiger partial charge is 0.406 e. The molecule has 0 fully saturated rings. The molecule has 8 heteroatoms. The topological polar surface area (TPSA) is 53.9 Å². The number of ether oxygens (including phenoxy) is 1. The molecule has 0 bridgehead atoms. The molecule has 0 radical (unpaired) electrons. The zero-order valence-electron chi connectivity index (χ0n) is 10.2. The molecular formula is C12H10F3N3O2. The summed E-state index contributed by atoms with van der Waals surface area (Å²) in [5.74, 6) is 0.0586. The van der Waals surface area contributed by atoms with Crippen LogP contribution >= 0.6 is 0 Å². The fourth-order valence-electron chi connectivity index (χ4n) is 2.23. The van der Waals surface area contributed by atoms with Crippen molar-refractivity contribution in [3.05, 3.63) is 23.8 Å². The number of amidine groups is 1. The van der Waals surface area contributed by atoms with E-state index in [4.69, 9.17) is 0 Å². The zero-order chi connectivity index (χ0) is 14.3. The Morgan fingerprint density at radius 2 is 2.15 bits per heavy atom. The zero-order valence-corrected chi connectivity index (χ0v) is 10.2. The van der Waals surface area contributed by atoms with Gasteiger partial charge in [0, 0.05) is 18.7 Å². The molecule has 5 nitrogen and oxygen atoms in total. The minimum atomic E-state index is -4.75. The standard InChI is InChI=1S/C12H10F3N3O2/c13-12(14,15)20-7-2-3-9-8(6-7)10-16-4-1-5-18(10)11(19)17-9/h2-3,6H,1,4-5H2,(H,17,19). The maximum atomic E-state index is 12.2. The molecule has 2 heterocycles. The fourth-order valence-corrected chi connectivity index (χ4v) is 2.23. The second-order valence-corrected chi connectivity index (χ2v) is 4.40. The average Bonchev–Trinajstić information content (AvgIpc) is 2.38. The van der Waals surface area contributed by atoms with Crippen molar-refractivity contribution in [2.24, 2.45) is 4.99 Å². The molecule has 1 aromatic rings. The summed E-state index contributed by atoms with van der Waals surface area (Å²) in [5.41, 5.74) is 0.868. The number of halogens is 3. The van der Waals surface area contributed by atoms with Gasteiger partial charge in [-0.2, -0.15) is 0 Å². The molecule has 0 spiro atoms. The molecule has 0 saturated heterocycles. The van der Waals surface area contributed by atoms with Crippen LogP contribution in [0.1, 0.15) is 12.0 Å². The molecular weight excluding hydrogens is 275 g/mol. The number of fused-ring (bicyclic) bond motifs is 3. The van der Waals surface area contributed by atoms with E-state index in [1.54, 1.807) is 0 Å². The van der Waals surface area contributed by atoms with Crippen LogP contribution in [0, 0.1) is 0 Å². The van der Waals surface area contributed by atoms with Gasteiger partial charge in [0.25, 0.3) is 0 Å². The van der Waals surface area contributed by atoms with Gasteiger partial charge in [0.2, 0.25) is 0 Å². The Labute approximate surface area is 112 Å². The predicted molar refractivity (Wildman–Crippen MR) is 64.9 cm³/mol. The Kier molecular flexibility index (Phi) is 2.81. The molecule has 0 unspecified atom stereocenters. The third-order valence-corrected chi connectivity index (χ3v) is 3.01. The number of alkyl halides is 3. The number of anilines is 1. The van der Waals surface area contributed by atoms with E-state index in [0.29, 0.717) is 30.2 Å². The van der Waals surface area contributed by atoms with Crippen molar-refractivity contribution in [3.63, 3.8) is 0 Å². The number of hydrogen-bond donors (Lipinski definition) is 1. The van der Waals surface area contributed by atoms with Gasteiger partial charge in [-0.3, -0.25) is 9.89 Å². The van der Waals surface area contributed by atoms with E-state index in [-0.39, 0.29) is 11.8 Å². The first-order chi connectivity index (χ1) is 9.44. The summed E-state index contributed by atoms with van der Waals surface area (Å²) in [6, 6.07) is 3.45. The van der Waals surface area contributed by atoms with Crippen molar-refractivity contribution in [2.45, 2.75) is 12.8 Å². The molecule has 1 aromatic carbocycles. The predicted octanol–water partition coefficient (Wildman–Crippen LogP) is 2.58. The van der Waals surface area contributed by atoms with E-state index in [1.165, 1.54) is 17.0 Å². The van der Waals surface area contributed by atoms with Crippen molar-refractivity contribution in [3.8, 4) is 5.75 Å². The van der Waals surface area contributed by atoms with Crippen LogP contribution in [0.4, 0.5) is 23.7 Å². The van der Waals surface area contributed by atoms with Crippen molar-refractivity contribution in [2.75, 3.05) is 18.4 Å². The second-order valence-electron chi connectivity index (χ2n) is 4.40.